The molecule has 1 aliphatic carbocycles. The number of benzene rings is 1. The van der Waals surface area contributed by atoms with Gasteiger partial charge in [0.2, 0.25) is 0 Å². The summed E-state index contributed by atoms with van der Waals surface area (Å²) in [5, 5.41) is 9.77. The van der Waals surface area contributed by atoms with Gasteiger partial charge in [0, 0.05) is 0 Å². The van der Waals surface area contributed by atoms with Gasteiger partial charge in [0.1, 0.15) is 5.75 Å². The Morgan fingerprint density at radius 3 is 2.36 bits per heavy atom. The summed E-state index contributed by atoms with van der Waals surface area (Å²) in [4.78, 5) is 0. The summed E-state index contributed by atoms with van der Waals surface area (Å²) in [6.45, 7) is 5.19. The van der Waals surface area contributed by atoms with E-state index < -0.39 is 0 Å². The fourth-order valence-corrected chi connectivity index (χ4v) is 3.54. The highest BCUT2D eigenvalue weighted by Crippen LogP contribution is 2.42. The Labute approximate surface area is 135 Å². The monoisotopic (exact) mass is 299 g/mol. The van der Waals surface area contributed by atoms with E-state index in [0.717, 1.165) is 44.0 Å². The maximum Gasteiger partial charge on any atom is 0.119 e. The molecule has 0 amide bonds. The molecular formula is C20H29NO. The average Bonchev–Trinajstić information content (AvgIpc) is 2.57. The van der Waals surface area contributed by atoms with Gasteiger partial charge in [0.25, 0.3) is 0 Å². The lowest BCUT2D eigenvalue weighted by Crippen LogP contribution is -2.30. The fraction of sp³-hybridized carbons (Fsp3) is 0.650. The number of hydrogen-bond donors (Lipinski definition) is 0. The lowest BCUT2D eigenvalue weighted by atomic mass is 9.67. The fourth-order valence-electron chi connectivity index (χ4n) is 3.54. The van der Waals surface area contributed by atoms with Gasteiger partial charge in [0.05, 0.1) is 18.1 Å². The Morgan fingerprint density at radius 2 is 1.82 bits per heavy atom. The number of nitrogens with zero attached hydrogens (tertiary/aromatic N) is 1. The van der Waals surface area contributed by atoms with E-state index in [-0.39, 0.29) is 5.41 Å². The van der Waals surface area contributed by atoms with Crippen molar-refractivity contribution in [1.29, 1.82) is 5.26 Å². The molecule has 0 bridgehead atoms. The van der Waals surface area contributed by atoms with Crippen LogP contribution in [0.1, 0.15) is 70.8 Å². The zero-order valence-corrected chi connectivity index (χ0v) is 14.1. The minimum atomic E-state index is -0.272. The third-order valence-corrected chi connectivity index (χ3v) is 5.04. The topological polar surface area (TPSA) is 33.0 Å². The highest BCUT2D eigenvalue weighted by atomic mass is 16.5. The number of ether oxygens (including phenoxy) is 1. The first kappa shape index (κ1) is 16.9. The molecule has 120 valence electrons. The average molecular weight is 299 g/mol. The van der Waals surface area contributed by atoms with E-state index in [1.807, 2.05) is 12.1 Å². The molecule has 0 aromatic heterocycles. The molecule has 0 saturated heterocycles. The smallest absolute Gasteiger partial charge is 0.119 e. The summed E-state index contributed by atoms with van der Waals surface area (Å²) in [6.07, 6.45) is 9.19. The molecule has 1 aromatic carbocycles. The minimum absolute atomic E-state index is 0.272. The Morgan fingerprint density at radius 1 is 1.14 bits per heavy atom. The van der Waals surface area contributed by atoms with Crippen LogP contribution in [0.25, 0.3) is 0 Å². The molecule has 1 aliphatic rings. The summed E-state index contributed by atoms with van der Waals surface area (Å²) < 4.78 is 5.72. The van der Waals surface area contributed by atoms with Crippen LogP contribution in [0.2, 0.25) is 0 Å². The van der Waals surface area contributed by atoms with Crippen LogP contribution in [0, 0.1) is 17.2 Å². The highest BCUT2D eigenvalue weighted by Gasteiger charge is 2.36. The van der Waals surface area contributed by atoms with Gasteiger partial charge in [0.15, 0.2) is 0 Å². The van der Waals surface area contributed by atoms with Crippen LogP contribution in [0.15, 0.2) is 24.3 Å². The Bertz CT molecular complexity index is 477. The number of nitriles is 1. The molecule has 2 heteroatoms. The Balaban J connectivity index is 2.01. The van der Waals surface area contributed by atoms with Crippen LogP contribution < -0.4 is 4.74 Å². The number of rotatable bonds is 7. The first-order valence-electron chi connectivity index (χ1n) is 8.88. The van der Waals surface area contributed by atoms with Crippen LogP contribution in [0.5, 0.6) is 5.75 Å². The molecule has 0 aliphatic heterocycles. The molecule has 1 fully saturated rings. The molecule has 1 saturated carbocycles. The van der Waals surface area contributed by atoms with Gasteiger partial charge >= 0.3 is 0 Å². The normalized spacial score (nSPS) is 24.7. The van der Waals surface area contributed by atoms with E-state index in [2.05, 4.69) is 32.0 Å². The summed E-state index contributed by atoms with van der Waals surface area (Å²) >= 11 is 0. The molecule has 0 spiro atoms. The predicted molar refractivity (Wildman–Crippen MR) is 91.0 cm³/mol. The molecule has 2 rings (SSSR count). The third-order valence-electron chi connectivity index (χ3n) is 5.04. The maximum atomic E-state index is 9.77. The van der Waals surface area contributed by atoms with Crippen LogP contribution in [0.4, 0.5) is 0 Å². The minimum Gasteiger partial charge on any atom is -0.494 e. The van der Waals surface area contributed by atoms with Gasteiger partial charge in [-0.25, -0.2) is 0 Å². The van der Waals surface area contributed by atoms with E-state index in [1.165, 1.54) is 31.2 Å². The maximum absolute atomic E-state index is 9.77. The van der Waals surface area contributed by atoms with Crippen molar-refractivity contribution in [2.75, 3.05) is 6.61 Å². The summed E-state index contributed by atoms with van der Waals surface area (Å²) in [5.74, 6) is 1.74. The molecule has 0 atom stereocenters. The van der Waals surface area contributed by atoms with E-state index in [1.54, 1.807) is 0 Å². The molecule has 0 radical (unpaired) electrons. The second-order valence-electron chi connectivity index (χ2n) is 6.65. The van der Waals surface area contributed by atoms with Crippen molar-refractivity contribution in [1.82, 2.24) is 0 Å². The van der Waals surface area contributed by atoms with Crippen molar-refractivity contribution in [3.05, 3.63) is 29.8 Å². The molecule has 0 heterocycles. The van der Waals surface area contributed by atoms with Gasteiger partial charge in [-0.15, -0.1) is 0 Å². The molecule has 0 unspecified atom stereocenters. The zero-order valence-electron chi connectivity index (χ0n) is 14.1. The Hall–Kier alpha value is -1.49. The van der Waals surface area contributed by atoms with Gasteiger partial charge in [-0.05, 0) is 55.7 Å². The first-order chi connectivity index (χ1) is 10.7. The van der Waals surface area contributed by atoms with Crippen molar-refractivity contribution in [2.24, 2.45) is 5.92 Å². The lowest BCUT2D eigenvalue weighted by molar-refractivity contribution is 0.265. The lowest BCUT2D eigenvalue weighted by Gasteiger charge is -2.35. The molecule has 0 N–H and O–H groups in total. The standard InChI is InChI=1S/C20H29NO/c1-3-5-15-22-19-9-7-18(8-10-19)20(16-21)13-11-17(6-4-2)12-14-20/h7-10,17H,3-6,11-15H2,1-2H3. The first-order valence-corrected chi connectivity index (χ1v) is 8.88. The predicted octanol–water partition coefficient (Wildman–Crippen LogP) is 5.62. The van der Waals surface area contributed by atoms with Crippen LogP contribution in [-0.2, 0) is 5.41 Å². The van der Waals surface area contributed by atoms with Crippen molar-refractivity contribution in [2.45, 2.75) is 70.6 Å². The number of unbranched alkanes of at least 4 members (excludes halogenated alkanes) is 1. The van der Waals surface area contributed by atoms with Crippen molar-refractivity contribution in [3.63, 3.8) is 0 Å². The quantitative estimate of drug-likeness (QED) is 0.612. The summed E-state index contributed by atoms with van der Waals surface area (Å²) in [6, 6.07) is 10.9. The van der Waals surface area contributed by atoms with E-state index in [0.29, 0.717) is 0 Å². The van der Waals surface area contributed by atoms with Crippen LogP contribution in [0.3, 0.4) is 0 Å². The molecule has 1 aromatic rings. The van der Waals surface area contributed by atoms with Gasteiger partial charge in [-0.2, -0.15) is 5.26 Å². The van der Waals surface area contributed by atoms with Crippen molar-refractivity contribution >= 4 is 0 Å². The highest BCUT2D eigenvalue weighted by molar-refractivity contribution is 5.37. The van der Waals surface area contributed by atoms with E-state index in [9.17, 15) is 5.26 Å². The largest absolute Gasteiger partial charge is 0.494 e. The summed E-state index contributed by atoms with van der Waals surface area (Å²) in [7, 11) is 0. The van der Waals surface area contributed by atoms with Crippen molar-refractivity contribution < 1.29 is 4.74 Å². The molecule has 2 nitrogen and oxygen atoms in total. The molecule has 22 heavy (non-hydrogen) atoms. The third kappa shape index (κ3) is 4.03. The Kier molecular flexibility index (Phi) is 6.31. The van der Waals surface area contributed by atoms with E-state index >= 15 is 0 Å². The summed E-state index contributed by atoms with van der Waals surface area (Å²) in [5.41, 5.74) is 0.902. The van der Waals surface area contributed by atoms with Crippen molar-refractivity contribution in [3.8, 4) is 11.8 Å². The van der Waals surface area contributed by atoms with Gasteiger partial charge in [-0.3, -0.25) is 0 Å². The van der Waals surface area contributed by atoms with Crippen LogP contribution >= 0.6 is 0 Å². The second kappa shape index (κ2) is 8.22. The van der Waals surface area contributed by atoms with Crippen LogP contribution in [-0.4, -0.2) is 6.61 Å². The second-order valence-corrected chi connectivity index (χ2v) is 6.65. The SMILES string of the molecule is CCCCOc1ccc(C2(C#N)CCC(CCC)CC2)cc1. The van der Waals surface area contributed by atoms with Gasteiger partial charge in [-0.1, -0.05) is 45.2 Å². The van der Waals surface area contributed by atoms with Gasteiger partial charge < -0.3 is 4.74 Å². The van der Waals surface area contributed by atoms with E-state index in [4.69, 9.17) is 4.74 Å². The zero-order chi connectivity index (χ0) is 15.8. The number of hydrogen-bond acceptors (Lipinski definition) is 2. The molecular weight excluding hydrogens is 270 g/mol.